The van der Waals surface area contributed by atoms with E-state index in [1.807, 2.05) is 24.6 Å². The number of rotatable bonds is 6. The van der Waals surface area contributed by atoms with Crippen molar-refractivity contribution in [2.24, 2.45) is 0 Å². The molecule has 0 aromatic carbocycles. The Kier molecular flexibility index (Phi) is 6.08. The molecular weight excluding hydrogens is 310 g/mol. The maximum absolute atomic E-state index is 12.3. The molecule has 1 N–H and O–H groups in total. The third-order valence-electron chi connectivity index (χ3n) is 2.72. The predicted molar refractivity (Wildman–Crippen MR) is 78.1 cm³/mol. The number of amides is 2. The second-order valence-corrected chi connectivity index (χ2v) is 5.26. The Morgan fingerprint density at radius 3 is 2.68 bits per heavy atom. The molecule has 2 amide bonds. The Balaban J connectivity index is 2.68. The van der Waals surface area contributed by atoms with E-state index < -0.39 is 0 Å². The van der Waals surface area contributed by atoms with Gasteiger partial charge in [-0.25, -0.2) is 0 Å². The first kappa shape index (κ1) is 15.8. The van der Waals surface area contributed by atoms with Crippen LogP contribution in [0.15, 0.2) is 16.7 Å². The van der Waals surface area contributed by atoms with E-state index in [1.54, 1.807) is 13.1 Å². The summed E-state index contributed by atoms with van der Waals surface area (Å²) in [6.07, 6.45) is 2.74. The lowest BCUT2D eigenvalue weighted by Crippen LogP contribution is -2.39. The molecule has 0 spiro atoms. The van der Waals surface area contributed by atoms with Gasteiger partial charge in [-0.2, -0.15) is 0 Å². The van der Waals surface area contributed by atoms with Gasteiger partial charge in [0.05, 0.1) is 6.54 Å². The molecule has 19 heavy (non-hydrogen) atoms. The molecule has 0 bridgehead atoms. The second-order valence-electron chi connectivity index (χ2n) is 4.34. The van der Waals surface area contributed by atoms with Crippen LogP contribution in [0.4, 0.5) is 0 Å². The van der Waals surface area contributed by atoms with Crippen LogP contribution >= 0.6 is 15.9 Å². The molecule has 5 nitrogen and oxygen atoms in total. The van der Waals surface area contributed by atoms with Crippen molar-refractivity contribution in [3.05, 3.63) is 22.4 Å². The summed E-state index contributed by atoms with van der Waals surface area (Å²) < 4.78 is 2.72. The minimum Gasteiger partial charge on any atom is -0.355 e. The molecule has 1 rings (SSSR count). The number of hydrogen-bond donors (Lipinski definition) is 1. The van der Waals surface area contributed by atoms with Crippen LogP contribution in [0.25, 0.3) is 0 Å². The van der Waals surface area contributed by atoms with Gasteiger partial charge in [-0.3, -0.25) is 9.59 Å². The number of halogens is 1. The maximum atomic E-state index is 12.3. The van der Waals surface area contributed by atoms with Crippen molar-refractivity contribution in [2.45, 2.75) is 26.8 Å². The summed E-state index contributed by atoms with van der Waals surface area (Å²) in [5.41, 5.74) is 0.583. The van der Waals surface area contributed by atoms with Crippen molar-refractivity contribution in [2.75, 3.05) is 20.1 Å². The molecule has 0 radical (unpaired) electrons. The fourth-order valence-corrected chi connectivity index (χ4v) is 2.18. The highest BCUT2D eigenvalue weighted by molar-refractivity contribution is 9.10. The molecular formula is C13H20BrN3O2. The highest BCUT2D eigenvalue weighted by atomic mass is 79.9. The Labute approximate surface area is 122 Å². The van der Waals surface area contributed by atoms with E-state index in [1.165, 1.54) is 4.90 Å². The largest absolute Gasteiger partial charge is 0.355 e. The van der Waals surface area contributed by atoms with Crippen molar-refractivity contribution in [3.8, 4) is 0 Å². The monoisotopic (exact) mass is 329 g/mol. The van der Waals surface area contributed by atoms with Gasteiger partial charge in [0.2, 0.25) is 5.91 Å². The van der Waals surface area contributed by atoms with Crippen molar-refractivity contribution in [1.29, 1.82) is 0 Å². The SMILES string of the molecule is CCCNC(=O)CN(C)C(=O)c1cc(Br)cn1CC. The normalized spacial score (nSPS) is 10.3. The topological polar surface area (TPSA) is 54.3 Å². The van der Waals surface area contributed by atoms with Crippen LogP contribution in [0, 0.1) is 0 Å². The van der Waals surface area contributed by atoms with Crippen LogP contribution in [0.3, 0.4) is 0 Å². The van der Waals surface area contributed by atoms with Gasteiger partial charge in [-0.1, -0.05) is 6.92 Å². The van der Waals surface area contributed by atoms with E-state index in [0.29, 0.717) is 18.8 Å². The van der Waals surface area contributed by atoms with Gasteiger partial charge in [-0.15, -0.1) is 0 Å². The highest BCUT2D eigenvalue weighted by Gasteiger charge is 2.18. The summed E-state index contributed by atoms with van der Waals surface area (Å²) >= 11 is 3.36. The van der Waals surface area contributed by atoms with Crippen LogP contribution in [-0.2, 0) is 11.3 Å². The summed E-state index contributed by atoms with van der Waals surface area (Å²) in [5.74, 6) is -0.287. The minimum absolute atomic E-state index is 0.0747. The zero-order chi connectivity index (χ0) is 14.4. The van der Waals surface area contributed by atoms with E-state index >= 15 is 0 Å². The zero-order valence-corrected chi connectivity index (χ0v) is 13.2. The average Bonchev–Trinajstić information content (AvgIpc) is 2.76. The molecule has 1 heterocycles. The number of nitrogens with zero attached hydrogens (tertiary/aromatic N) is 2. The first-order valence-electron chi connectivity index (χ1n) is 6.37. The number of aromatic nitrogens is 1. The standard InChI is InChI=1S/C13H20BrN3O2/c1-4-6-15-12(18)9-16(3)13(19)11-7-10(14)8-17(11)5-2/h7-8H,4-6,9H2,1-3H3,(H,15,18). The Bertz CT molecular complexity index is 457. The summed E-state index contributed by atoms with van der Waals surface area (Å²) in [7, 11) is 1.63. The van der Waals surface area contributed by atoms with Crippen LogP contribution in [0.5, 0.6) is 0 Å². The summed E-state index contributed by atoms with van der Waals surface area (Å²) in [6, 6.07) is 1.77. The minimum atomic E-state index is -0.154. The van der Waals surface area contributed by atoms with E-state index in [0.717, 1.165) is 10.9 Å². The van der Waals surface area contributed by atoms with Crippen molar-refractivity contribution >= 4 is 27.7 Å². The van der Waals surface area contributed by atoms with E-state index in [-0.39, 0.29) is 18.4 Å². The predicted octanol–water partition coefficient (Wildman–Crippen LogP) is 1.87. The Morgan fingerprint density at radius 2 is 2.11 bits per heavy atom. The van der Waals surface area contributed by atoms with Crippen molar-refractivity contribution in [1.82, 2.24) is 14.8 Å². The lowest BCUT2D eigenvalue weighted by atomic mass is 10.3. The molecule has 0 aliphatic rings. The molecule has 0 aliphatic heterocycles. The van der Waals surface area contributed by atoms with Gasteiger partial charge in [0, 0.05) is 30.8 Å². The number of nitrogens with one attached hydrogen (secondary N) is 1. The van der Waals surface area contributed by atoms with Crippen LogP contribution in [0.1, 0.15) is 30.8 Å². The molecule has 0 unspecified atom stereocenters. The molecule has 0 aliphatic carbocycles. The van der Waals surface area contributed by atoms with E-state index in [4.69, 9.17) is 0 Å². The number of carbonyl (C=O) groups is 2. The number of aryl methyl sites for hydroxylation is 1. The van der Waals surface area contributed by atoms with E-state index in [9.17, 15) is 9.59 Å². The molecule has 0 saturated heterocycles. The molecule has 0 saturated carbocycles. The first-order chi connectivity index (χ1) is 8.99. The lowest BCUT2D eigenvalue weighted by Gasteiger charge is -2.17. The van der Waals surface area contributed by atoms with Crippen molar-refractivity contribution in [3.63, 3.8) is 0 Å². The van der Waals surface area contributed by atoms with Gasteiger partial charge >= 0.3 is 0 Å². The fourth-order valence-electron chi connectivity index (χ4n) is 1.72. The number of carbonyl (C=O) groups excluding carboxylic acids is 2. The second kappa shape index (κ2) is 7.33. The quantitative estimate of drug-likeness (QED) is 0.866. The molecule has 106 valence electrons. The smallest absolute Gasteiger partial charge is 0.270 e. The summed E-state index contributed by atoms with van der Waals surface area (Å²) in [5, 5.41) is 2.75. The van der Waals surface area contributed by atoms with Crippen LogP contribution < -0.4 is 5.32 Å². The van der Waals surface area contributed by atoms with Gasteiger partial charge in [0.1, 0.15) is 5.69 Å². The number of hydrogen-bond acceptors (Lipinski definition) is 2. The first-order valence-corrected chi connectivity index (χ1v) is 7.16. The summed E-state index contributed by atoms with van der Waals surface area (Å²) in [4.78, 5) is 25.3. The molecule has 0 fully saturated rings. The van der Waals surface area contributed by atoms with Gasteiger partial charge in [0.25, 0.3) is 5.91 Å². The number of likely N-dealkylation sites (N-methyl/N-ethyl adjacent to an activating group) is 1. The van der Waals surface area contributed by atoms with E-state index in [2.05, 4.69) is 21.2 Å². The lowest BCUT2D eigenvalue weighted by molar-refractivity contribution is -0.121. The highest BCUT2D eigenvalue weighted by Crippen LogP contribution is 2.16. The van der Waals surface area contributed by atoms with Crippen LogP contribution in [0.2, 0.25) is 0 Å². The third-order valence-corrected chi connectivity index (χ3v) is 3.16. The summed E-state index contributed by atoms with van der Waals surface area (Å²) in [6.45, 7) is 5.38. The average molecular weight is 330 g/mol. The van der Waals surface area contributed by atoms with Gasteiger partial charge in [0.15, 0.2) is 0 Å². The Morgan fingerprint density at radius 1 is 1.42 bits per heavy atom. The van der Waals surface area contributed by atoms with Gasteiger partial charge < -0.3 is 14.8 Å². The van der Waals surface area contributed by atoms with Crippen LogP contribution in [-0.4, -0.2) is 41.4 Å². The Hall–Kier alpha value is -1.30. The fraction of sp³-hybridized carbons (Fsp3) is 0.538. The van der Waals surface area contributed by atoms with Gasteiger partial charge in [-0.05, 0) is 35.3 Å². The molecule has 0 atom stereocenters. The maximum Gasteiger partial charge on any atom is 0.270 e. The van der Waals surface area contributed by atoms with Crippen molar-refractivity contribution < 1.29 is 9.59 Å². The molecule has 1 aromatic rings. The molecule has 6 heteroatoms. The molecule has 1 aromatic heterocycles. The zero-order valence-electron chi connectivity index (χ0n) is 11.6. The third kappa shape index (κ3) is 4.38.